The van der Waals surface area contributed by atoms with Crippen molar-refractivity contribution in [1.29, 1.82) is 0 Å². The lowest BCUT2D eigenvalue weighted by atomic mass is 10.9. The molecule has 0 fully saturated rings. The highest BCUT2D eigenvalue weighted by Gasteiger charge is 2.49. The first-order valence-electron chi connectivity index (χ1n) is 5.39. The van der Waals surface area contributed by atoms with E-state index >= 15 is 0 Å². The fourth-order valence-corrected chi connectivity index (χ4v) is 6.80. The first-order chi connectivity index (χ1) is 7.40. The van der Waals surface area contributed by atoms with Gasteiger partial charge in [0, 0.05) is 14.2 Å². The van der Waals surface area contributed by atoms with E-state index in [-0.39, 0.29) is 5.28 Å². The van der Waals surface area contributed by atoms with Crippen molar-refractivity contribution in [3.05, 3.63) is 0 Å². The van der Waals surface area contributed by atoms with Gasteiger partial charge in [0.1, 0.15) is 5.28 Å². The van der Waals surface area contributed by atoms with Crippen LogP contribution in [0.5, 0.6) is 0 Å². The lowest BCUT2D eigenvalue weighted by Crippen LogP contribution is -2.48. The average molecular weight is 270 g/mol. The second-order valence-electron chi connectivity index (χ2n) is 3.48. The van der Waals surface area contributed by atoms with Crippen molar-refractivity contribution in [2.24, 2.45) is 0 Å². The number of rotatable bonds is 8. The van der Waals surface area contributed by atoms with Gasteiger partial charge in [0.2, 0.25) is 0 Å². The third-order valence-corrected chi connectivity index (χ3v) is 10.3. The Morgan fingerprint density at radius 2 is 1.50 bits per heavy atom. The molecule has 7 heteroatoms. The molecule has 0 rings (SSSR count). The topological polar surface area (TPSA) is 54.0 Å². The molecule has 0 heterocycles. The average Bonchev–Trinajstić information content (AvgIpc) is 2.27. The molecule has 16 heavy (non-hydrogen) atoms. The summed E-state index contributed by atoms with van der Waals surface area (Å²) in [6.45, 7) is 7.92. The van der Waals surface area contributed by atoms with Gasteiger partial charge in [-0.25, -0.2) is 0 Å². The Morgan fingerprint density at radius 3 is 1.75 bits per heavy atom. The molecular formula is C9H23O5PSi. The molecule has 0 radical (unpaired) electrons. The monoisotopic (exact) mass is 270 g/mol. The minimum atomic E-state index is -3.15. The smallest absolute Gasteiger partial charge is 0.349 e. The minimum absolute atomic E-state index is 0.347. The lowest BCUT2D eigenvalue weighted by molar-refractivity contribution is 0.202. The molecular weight excluding hydrogens is 247 g/mol. The molecule has 5 nitrogen and oxygen atoms in total. The summed E-state index contributed by atoms with van der Waals surface area (Å²) in [5, 5.41) is -0.366. The molecule has 1 unspecified atom stereocenters. The van der Waals surface area contributed by atoms with Gasteiger partial charge in [-0.2, -0.15) is 0 Å². The van der Waals surface area contributed by atoms with Crippen LogP contribution in [0, 0.1) is 0 Å². The van der Waals surface area contributed by atoms with Crippen molar-refractivity contribution in [3.63, 3.8) is 0 Å². The lowest BCUT2D eigenvalue weighted by Gasteiger charge is -2.33. The fraction of sp³-hybridized carbons (Fsp3) is 1.00. The normalized spacial score (nSPS) is 15.1. The standard InChI is InChI=1S/C9H23O5PSi/c1-7-13-15(10,14-8-2)9(3)16(6,11-4)12-5/h9H,7-8H2,1-6H3. The Balaban J connectivity index is 4.99. The predicted molar refractivity (Wildman–Crippen MR) is 66.0 cm³/mol. The molecule has 98 valence electrons. The van der Waals surface area contributed by atoms with Crippen LogP contribution in [0.4, 0.5) is 0 Å². The van der Waals surface area contributed by atoms with Crippen LogP contribution >= 0.6 is 7.60 Å². The summed E-state index contributed by atoms with van der Waals surface area (Å²) in [4.78, 5) is 0. The molecule has 0 aliphatic rings. The predicted octanol–water partition coefficient (Wildman–Crippen LogP) is 2.55. The van der Waals surface area contributed by atoms with Gasteiger partial charge in [-0.15, -0.1) is 0 Å². The van der Waals surface area contributed by atoms with Gasteiger partial charge in [-0.05, 0) is 27.3 Å². The van der Waals surface area contributed by atoms with E-state index in [0.717, 1.165) is 0 Å². The highest BCUT2D eigenvalue weighted by Crippen LogP contribution is 2.55. The van der Waals surface area contributed by atoms with Crippen molar-refractivity contribution >= 4 is 16.2 Å². The molecule has 0 N–H and O–H groups in total. The fourth-order valence-electron chi connectivity index (χ4n) is 1.33. The van der Waals surface area contributed by atoms with Crippen LogP contribution in [0.25, 0.3) is 0 Å². The van der Waals surface area contributed by atoms with Crippen LogP contribution in [0.1, 0.15) is 20.8 Å². The highest BCUT2D eigenvalue weighted by molar-refractivity contribution is 7.57. The van der Waals surface area contributed by atoms with Crippen LogP contribution in [0.2, 0.25) is 6.55 Å². The summed E-state index contributed by atoms with van der Waals surface area (Å²) in [5.74, 6) is 0. The van der Waals surface area contributed by atoms with E-state index in [1.165, 1.54) is 0 Å². The first kappa shape index (κ1) is 16.3. The Hall–Kier alpha value is 0.287. The molecule has 1 atom stereocenters. The van der Waals surface area contributed by atoms with Crippen LogP contribution in [0.15, 0.2) is 0 Å². The van der Waals surface area contributed by atoms with Crippen molar-refractivity contribution < 1.29 is 22.5 Å². The highest BCUT2D eigenvalue weighted by atomic mass is 31.2. The third-order valence-electron chi connectivity index (χ3n) is 2.66. The van der Waals surface area contributed by atoms with Crippen molar-refractivity contribution in [2.45, 2.75) is 32.6 Å². The van der Waals surface area contributed by atoms with Gasteiger partial charge < -0.3 is 17.9 Å². The van der Waals surface area contributed by atoms with E-state index in [9.17, 15) is 4.57 Å². The van der Waals surface area contributed by atoms with Gasteiger partial charge in [0.05, 0.1) is 13.2 Å². The summed E-state index contributed by atoms with van der Waals surface area (Å²) in [6, 6.07) is 0. The molecule has 0 aliphatic heterocycles. The van der Waals surface area contributed by atoms with Gasteiger partial charge >= 0.3 is 16.2 Å². The quantitative estimate of drug-likeness (QED) is 0.501. The second-order valence-corrected chi connectivity index (χ2v) is 10.0. The van der Waals surface area contributed by atoms with Crippen molar-refractivity contribution in [2.75, 3.05) is 27.4 Å². The first-order valence-corrected chi connectivity index (χ1v) is 9.39. The Kier molecular flexibility index (Phi) is 7.01. The molecule has 0 saturated carbocycles. The zero-order valence-corrected chi connectivity index (χ0v) is 12.9. The molecule has 0 amide bonds. The van der Waals surface area contributed by atoms with Gasteiger partial charge in [-0.1, -0.05) is 0 Å². The molecule has 0 aliphatic carbocycles. The third kappa shape index (κ3) is 3.65. The zero-order chi connectivity index (χ0) is 12.8. The summed E-state index contributed by atoms with van der Waals surface area (Å²) in [7, 11) is -2.55. The molecule has 0 aromatic rings. The van der Waals surface area contributed by atoms with Crippen LogP contribution < -0.4 is 0 Å². The number of hydrogen-bond acceptors (Lipinski definition) is 5. The maximum absolute atomic E-state index is 12.5. The summed E-state index contributed by atoms with van der Waals surface area (Å²) >= 11 is 0. The van der Waals surface area contributed by atoms with Gasteiger partial charge in [0.15, 0.2) is 0 Å². The summed E-state index contributed by atoms with van der Waals surface area (Å²) < 4.78 is 33.8. The maximum atomic E-state index is 12.5. The van der Waals surface area contributed by atoms with E-state index in [2.05, 4.69) is 0 Å². The van der Waals surface area contributed by atoms with Crippen LogP contribution in [-0.4, -0.2) is 41.3 Å². The Labute approximate surface area is 99.2 Å². The van der Waals surface area contributed by atoms with E-state index < -0.39 is 16.2 Å². The Bertz CT molecular complexity index is 234. The van der Waals surface area contributed by atoms with E-state index in [0.29, 0.717) is 13.2 Å². The van der Waals surface area contributed by atoms with Crippen LogP contribution in [-0.2, 0) is 22.5 Å². The summed E-state index contributed by atoms with van der Waals surface area (Å²) in [5.41, 5.74) is 0. The minimum Gasteiger partial charge on any atom is -0.397 e. The molecule has 0 spiro atoms. The van der Waals surface area contributed by atoms with Gasteiger partial charge in [0.25, 0.3) is 0 Å². The Morgan fingerprint density at radius 1 is 1.12 bits per heavy atom. The van der Waals surface area contributed by atoms with Crippen LogP contribution in [0.3, 0.4) is 0 Å². The maximum Gasteiger partial charge on any atom is 0.349 e. The van der Waals surface area contributed by atoms with E-state index in [4.69, 9.17) is 17.9 Å². The number of hydrogen-bond donors (Lipinski definition) is 0. The summed E-state index contributed by atoms with van der Waals surface area (Å²) in [6.07, 6.45) is 0. The van der Waals surface area contributed by atoms with Crippen molar-refractivity contribution in [3.8, 4) is 0 Å². The molecule has 0 saturated heterocycles. The van der Waals surface area contributed by atoms with E-state index in [1.807, 2.05) is 6.55 Å². The molecule has 0 aromatic heterocycles. The van der Waals surface area contributed by atoms with E-state index in [1.54, 1.807) is 35.0 Å². The SMILES string of the molecule is CCOP(=O)(OCC)C(C)[Si](C)(OC)OC. The molecule has 0 bridgehead atoms. The molecule has 0 aromatic carbocycles. The zero-order valence-electron chi connectivity index (χ0n) is 11.0. The second kappa shape index (κ2) is 6.89. The van der Waals surface area contributed by atoms with Gasteiger partial charge in [-0.3, -0.25) is 4.57 Å². The largest absolute Gasteiger partial charge is 0.397 e. The van der Waals surface area contributed by atoms with Crippen molar-refractivity contribution in [1.82, 2.24) is 0 Å².